The third kappa shape index (κ3) is 15.9. The van der Waals surface area contributed by atoms with Crippen LogP contribution < -0.4 is 11.0 Å². The molecule has 4 N–H and O–H groups in total. The maximum Gasteiger partial charge on any atom is 0.296 e. The summed E-state index contributed by atoms with van der Waals surface area (Å²) in [5.74, 6) is -0.0560. The molecule has 12 nitrogen and oxygen atoms in total. The van der Waals surface area contributed by atoms with Crippen LogP contribution in [0.25, 0.3) is 33.4 Å². The second-order valence-electron chi connectivity index (χ2n) is 18.4. The zero-order valence-corrected chi connectivity index (χ0v) is 41.0. The van der Waals surface area contributed by atoms with Gasteiger partial charge in [-0.15, -0.1) is 0 Å². The van der Waals surface area contributed by atoms with E-state index >= 15 is 0 Å². The Labute approximate surface area is 406 Å². The molecule has 3 aromatic heterocycles. The molecule has 0 fully saturated rings. The van der Waals surface area contributed by atoms with E-state index < -0.39 is 17.4 Å². The normalized spacial score (nSPS) is 11.0. The van der Waals surface area contributed by atoms with E-state index in [0.717, 1.165) is 38.9 Å². The number of hydrogen-bond acceptors (Lipinski definition) is 9. The number of amides is 3. The van der Waals surface area contributed by atoms with Gasteiger partial charge in [0.25, 0.3) is 17.7 Å². The van der Waals surface area contributed by atoms with Crippen molar-refractivity contribution in [3.05, 3.63) is 197 Å². The summed E-state index contributed by atoms with van der Waals surface area (Å²) < 4.78 is 0. The number of benzene rings is 4. The Morgan fingerprint density at radius 3 is 1.20 bits per heavy atom. The molecule has 7 rings (SSSR count). The highest BCUT2D eigenvalue weighted by atomic mass is 16.7. The van der Waals surface area contributed by atoms with E-state index in [1.54, 1.807) is 47.7 Å². The lowest BCUT2D eigenvalue weighted by molar-refractivity contribution is -0.195. The van der Waals surface area contributed by atoms with Crippen molar-refractivity contribution >= 4 is 17.7 Å². The molecule has 69 heavy (non-hydrogen) atoms. The maximum absolute atomic E-state index is 13.2. The van der Waals surface area contributed by atoms with Crippen LogP contribution in [0.5, 0.6) is 0 Å². The van der Waals surface area contributed by atoms with Crippen molar-refractivity contribution in [1.82, 2.24) is 31.0 Å². The Morgan fingerprint density at radius 1 is 0.507 bits per heavy atom. The molecule has 358 valence electrons. The second kappa shape index (κ2) is 25.1. The Bertz CT molecular complexity index is 2630. The van der Waals surface area contributed by atoms with Gasteiger partial charge in [0.1, 0.15) is 17.1 Å². The number of nitrogens with one attached hydrogen (secondary N) is 2. The minimum Gasteiger partial charge on any atom is -0.288 e. The monoisotopic (exact) mass is 928 g/mol. The Hall–Kier alpha value is -7.38. The lowest BCUT2D eigenvalue weighted by Gasteiger charge is -2.29. The van der Waals surface area contributed by atoms with Crippen molar-refractivity contribution in [2.45, 2.75) is 92.1 Å². The molecular formula is C57H64N6O6. The minimum atomic E-state index is -0.609. The van der Waals surface area contributed by atoms with Gasteiger partial charge in [0.2, 0.25) is 0 Å². The highest BCUT2D eigenvalue weighted by Gasteiger charge is 2.24. The molecular weight excluding hydrogens is 865 g/mol. The molecule has 0 bridgehead atoms. The minimum absolute atomic E-state index is 0.186. The SMILES string of the molecule is CC(C)c1cccc(-c2ccc(C(=O)N(CCc3ccccc3)OC(C)(C)C)nc2)c1.CC(C)c1cccc(-c2ccc(C(=O)NO)nc2)c1.CC(C)c1cccc(-c2ccc(C(=O)NO)nc2)c1. The van der Waals surface area contributed by atoms with Crippen LogP contribution in [0.15, 0.2) is 158 Å². The third-order valence-corrected chi connectivity index (χ3v) is 10.9. The number of hydrogen-bond donors (Lipinski definition) is 4. The summed E-state index contributed by atoms with van der Waals surface area (Å²) in [5, 5.41) is 18.5. The number of rotatable bonds is 13. The van der Waals surface area contributed by atoms with Gasteiger partial charge in [0.05, 0.1) is 12.1 Å². The molecule has 4 aromatic carbocycles. The summed E-state index contributed by atoms with van der Waals surface area (Å²) in [5.41, 5.74) is 14.5. The predicted octanol–water partition coefficient (Wildman–Crippen LogP) is 12.3. The molecule has 3 amide bonds. The molecule has 0 aliphatic rings. The van der Waals surface area contributed by atoms with Crippen LogP contribution in [-0.2, 0) is 11.3 Å². The van der Waals surface area contributed by atoms with E-state index in [0.29, 0.717) is 36.4 Å². The highest BCUT2D eigenvalue weighted by molar-refractivity contribution is 5.93. The van der Waals surface area contributed by atoms with Crippen molar-refractivity contribution in [2.24, 2.45) is 0 Å². The molecule has 12 heteroatoms. The lowest BCUT2D eigenvalue weighted by Crippen LogP contribution is -2.40. The van der Waals surface area contributed by atoms with E-state index in [-0.39, 0.29) is 17.3 Å². The fourth-order valence-electron chi connectivity index (χ4n) is 6.96. The summed E-state index contributed by atoms with van der Waals surface area (Å²) in [6.45, 7) is 19.2. The van der Waals surface area contributed by atoms with Crippen molar-refractivity contribution in [2.75, 3.05) is 6.54 Å². The van der Waals surface area contributed by atoms with Gasteiger partial charge in [0.15, 0.2) is 0 Å². The van der Waals surface area contributed by atoms with Gasteiger partial charge in [-0.05, 0) is 102 Å². The summed E-state index contributed by atoms with van der Waals surface area (Å²) >= 11 is 0. The Morgan fingerprint density at radius 2 is 0.884 bits per heavy atom. The Kier molecular flexibility index (Phi) is 19.1. The molecule has 0 aliphatic carbocycles. The first-order valence-electron chi connectivity index (χ1n) is 23.1. The van der Waals surface area contributed by atoms with E-state index in [1.807, 2.05) is 81.4 Å². The first kappa shape index (κ1) is 52.6. The second-order valence-corrected chi connectivity index (χ2v) is 18.4. The number of nitrogens with zero attached hydrogens (tertiary/aromatic N) is 4. The summed E-state index contributed by atoms with van der Waals surface area (Å²) in [7, 11) is 0. The van der Waals surface area contributed by atoms with Crippen LogP contribution in [-0.4, -0.2) is 60.3 Å². The molecule has 0 atom stereocenters. The number of carbonyl (C=O) groups excluding carboxylic acids is 3. The standard InChI is InChI=1S/C27H32N2O2.2C15H16N2O2/c1-20(2)22-12-9-13-23(18-22)24-14-15-25(28-19-24)26(30)29(31-27(3,4)5)17-16-21-10-7-6-8-11-21;2*1-10(2)11-4-3-5-12(8-11)13-6-7-14(16-9-13)15(18)17-19/h6-15,18-20H,16-17H2,1-5H3;2*3-10,19H,1-2H3,(H,17,18). The van der Waals surface area contributed by atoms with Crippen molar-refractivity contribution < 1.29 is 29.6 Å². The predicted molar refractivity (Wildman–Crippen MR) is 272 cm³/mol. The van der Waals surface area contributed by atoms with E-state index in [9.17, 15) is 14.4 Å². The van der Waals surface area contributed by atoms with E-state index in [1.165, 1.54) is 21.8 Å². The number of hydroxylamine groups is 4. The molecule has 3 heterocycles. The van der Waals surface area contributed by atoms with Gasteiger partial charge >= 0.3 is 0 Å². The van der Waals surface area contributed by atoms with Gasteiger partial charge in [-0.25, -0.2) is 16.0 Å². The lowest BCUT2D eigenvalue weighted by atomic mass is 9.98. The molecule has 0 radical (unpaired) electrons. The van der Waals surface area contributed by atoms with Gasteiger partial charge in [0, 0.05) is 35.3 Å². The van der Waals surface area contributed by atoms with Crippen LogP contribution in [0.1, 0.15) is 134 Å². The topological polar surface area (TPSA) is 167 Å². The van der Waals surface area contributed by atoms with E-state index in [4.69, 9.17) is 15.3 Å². The fourth-order valence-corrected chi connectivity index (χ4v) is 6.96. The Balaban J connectivity index is 0.000000203. The maximum atomic E-state index is 13.2. The molecule has 0 unspecified atom stereocenters. The largest absolute Gasteiger partial charge is 0.296 e. The average Bonchev–Trinajstić information content (AvgIpc) is 3.37. The van der Waals surface area contributed by atoms with Crippen molar-refractivity contribution in [1.29, 1.82) is 0 Å². The smallest absolute Gasteiger partial charge is 0.288 e. The number of aromatic nitrogens is 3. The quantitative estimate of drug-likeness (QED) is 0.0650. The van der Waals surface area contributed by atoms with Crippen LogP contribution in [0.2, 0.25) is 0 Å². The zero-order valence-electron chi connectivity index (χ0n) is 41.0. The van der Waals surface area contributed by atoms with Gasteiger partial charge in [-0.1, -0.05) is 163 Å². The first-order valence-corrected chi connectivity index (χ1v) is 23.1. The average molecular weight is 929 g/mol. The summed E-state index contributed by atoms with van der Waals surface area (Å²) in [6.07, 6.45) is 5.73. The summed E-state index contributed by atoms with van der Waals surface area (Å²) in [6, 6.07) is 45.5. The van der Waals surface area contributed by atoms with Gasteiger partial charge in [-0.2, -0.15) is 0 Å². The molecule has 0 spiro atoms. The third-order valence-electron chi connectivity index (χ3n) is 10.9. The molecule has 7 aromatic rings. The highest BCUT2D eigenvalue weighted by Crippen LogP contribution is 2.27. The van der Waals surface area contributed by atoms with Crippen molar-refractivity contribution in [3.63, 3.8) is 0 Å². The van der Waals surface area contributed by atoms with Crippen molar-refractivity contribution in [3.8, 4) is 33.4 Å². The molecule has 0 saturated carbocycles. The van der Waals surface area contributed by atoms with Crippen LogP contribution in [0.4, 0.5) is 0 Å². The van der Waals surface area contributed by atoms with Gasteiger partial charge < -0.3 is 0 Å². The van der Waals surface area contributed by atoms with Crippen LogP contribution in [0.3, 0.4) is 0 Å². The number of pyridine rings is 3. The van der Waals surface area contributed by atoms with E-state index in [2.05, 4.69) is 117 Å². The molecule has 0 aliphatic heterocycles. The van der Waals surface area contributed by atoms with Gasteiger partial charge in [-0.3, -0.25) is 44.6 Å². The zero-order chi connectivity index (χ0) is 50.1. The molecule has 0 saturated heterocycles. The van der Waals surface area contributed by atoms with Crippen LogP contribution >= 0.6 is 0 Å². The fraction of sp³-hybridized carbons (Fsp3) is 0.263. The van der Waals surface area contributed by atoms with Crippen LogP contribution in [0, 0.1) is 0 Å². The first-order chi connectivity index (χ1) is 33.0. The summed E-state index contributed by atoms with van der Waals surface area (Å²) in [4.78, 5) is 54.0. The number of carbonyl (C=O) groups is 3.